The summed E-state index contributed by atoms with van der Waals surface area (Å²) in [4.78, 5) is -0.317. The minimum absolute atomic E-state index is 0.199. The fourth-order valence-corrected chi connectivity index (χ4v) is 4.81. The highest BCUT2D eigenvalue weighted by molar-refractivity contribution is 7.89. The van der Waals surface area contributed by atoms with E-state index in [-0.39, 0.29) is 10.8 Å². The Morgan fingerprint density at radius 2 is 2.15 bits per heavy atom. The van der Waals surface area contributed by atoms with Crippen LogP contribution in [-0.4, -0.2) is 19.8 Å². The monoisotopic (exact) mass is 319 g/mol. The highest BCUT2D eigenvalue weighted by Gasteiger charge is 2.38. The molecule has 0 aliphatic heterocycles. The molecule has 0 aromatic heterocycles. The van der Waals surface area contributed by atoms with Crippen molar-refractivity contribution in [1.29, 1.82) is 0 Å². The third-order valence-corrected chi connectivity index (χ3v) is 5.95. The molecule has 1 saturated carbocycles. The van der Waals surface area contributed by atoms with Crippen LogP contribution < -0.4 is 4.72 Å². The summed E-state index contributed by atoms with van der Waals surface area (Å²) in [6.07, 6.45) is 3.37. The maximum atomic E-state index is 13.7. The molecule has 1 aliphatic rings. The second kappa shape index (κ2) is 6.00. The van der Waals surface area contributed by atoms with Crippen molar-refractivity contribution in [1.82, 2.24) is 4.72 Å². The SMILES string of the molecule is CC1CCCC(CCl)(NS(=O)(=O)c2ccccc2F)C1. The van der Waals surface area contributed by atoms with Gasteiger partial charge in [0.15, 0.2) is 0 Å². The van der Waals surface area contributed by atoms with Crippen LogP contribution in [0.1, 0.15) is 32.6 Å². The van der Waals surface area contributed by atoms with Gasteiger partial charge in [0.2, 0.25) is 10.0 Å². The molecule has 3 nitrogen and oxygen atoms in total. The summed E-state index contributed by atoms with van der Waals surface area (Å²) in [6.45, 7) is 2.08. The number of hydrogen-bond acceptors (Lipinski definition) is 2. The molecule has 1 aromatic carbocycles. The smallest absolute Gasteiger partial charge is 0.207 e. The third kappa shape index (κ3) is 3.32. The van der Waals surface area contributed by atoms with E-state index in [1.54, 1.807) is 0 Å². The average Bonchev–Trinajstić information content (AvgIpc) is 2.38. The van der Waals surface area contributed by atoms with Crippen LogP contribution in [0, 0.1) is 11.7 Å². The Morgan fingerprint density at radius 3 is 2.75 bits per heavy atom. The molecule has 1 aromatic rings. The summed E-state index contributed by atoms with van der Waals surface area (Å²) in [5, 5.41) is 0. The van der Waals surface area contributed by atoms with E-state index in [4.69, 9.17) is 11.6 Å². The molecule has 112 valence electrons. The Labute approximate surface area is 124 Å². The zero-order valence-electron chi connectivity index (χ0n) is 11.4. The summed E-state index contributed by atoms with van der Waals surface area (Å²) in [6, 6.07) is 5.39. The first-order valence-electron chi connectivity index (χ1n) is 6.73. The van der Waals surface area contributed by atoms with Crippen LogP contribution in [0.5, 0.6) is 0 Å². The van der Waals surface area contributed by atoms with Gasteiger partial charge in [-0.3, -0.25) is 0 Å². The van der Waals surface area contributed by atoms with E-state index >= 15 is 0 Å². The van der Waals surface area contributed by atoms with Crippen molar-refractivity contribution in [3.8, 4) is 0 Å². The van der Waals surface area contributed by atoms with Gasteiger partial charge < -0.3 is 0 Å². The van der Waals surface area contributed by atoms with E-state index < -0.39 is 21.4 Å². The van der Waals surface area contributed by atoms with E-state index in [1.165, 1.54) is 18.2 Å². The van der Waals surface area contributed by atoms with Crippen LogP contribution in [0.15, 0.2) is 29.2 Å². The first kappa shape index (κ1) is 15.7. The number of nitrogens with one attached hydrogen (secondary N) is 1. The van der Waals surface area contributed by atoms with Crippen molar-refractivity contribution in [2.45, 2.75) is 43.0 Å². The zero-order valence-corrected chi connectivity index (χ0v) is 13.0. The van der Waals surface area contributed by atoms with E-state index in [0.29, 0.717) is 18.8 Å². The van der Waals surface area contributed by atoms with Gasteiger partial charge in [-0.25, -0.2) is 17.5 Å². The normalized spacial score (nSPS) is 27.4. The molecule has 20 heavy (non-hydrogen) atoms. The number of halogens is 2. The Bertz CT molecular complexity index is 578. The Balaban J connectivity index is 2.29. The molecule has 0 bridgehead atoms. The number of benzene rings is 1. The van der Waals surface area contributed by atoms with Crippen LogP contribution in [0.4, 0.5) is 4.39 Å². The maximum Gasteiger partial charge on any atom is 0.244 e. The summed E-state index contributed by atoms with van der Waals surface area (Å²) >= 11 is 6.02. The van der Waals surface area contributed by atoms with Crippen LogP contribution in [0.2, 0.25) is 0 Å². The minimum Gasteiger partial charge on any atom is -0.207 e. The van der Waals surface area contributed by atoms with Gasteiger partial charge in [-0.05, 0) is 30.9 Å². The van der Waals surface area contributed by atoms with Crippen molar-refractivity contribution in [3.05, 3.63) is 30.1 Å². The molecule has 0 radical (unpaired) electrons. The van der Waals surface area contributed by atoms with Gasteiger partial charge >= 0.3 is 0 Å². The molecule has 0 spiro atoms. The Hall–Kier alpha value is -0.650. The van der Waals surface area contributed by atoms with Crippen molar-refractivity contribution >= 4 is 21.6 Å². The second-order valence-electron chi connectivity index (χ2n) is 5.65. The fourth-order valence-electron chi connectivity index (χ4n) is 2.90. The summed E-state index contributed by atoms with van der Waals surface area (Å²) in [5.74, 6) is -0.134. The lowest BCUT2D eigenvalue weighted by Gasteiger charge is -2.39. The van der Waals surface area contributed by atoms with Crippen molar-refractivity contribution < 1.29 is 12.8 Å². The quantitative estimate of drug-likeness (QED) is 0.866. The standard InChI is InChI=1S/C14H19ClFNO2S/c1-11-5-4-8-14(9-11,10-15)17-20(18,19)13-7-3-2-6-12(13)16/h2-3,6-7,11,17H,4-5,8-10H2,1H3. The van der Waals surface area contributed by atoms with Gasteiger partial charge in [-0.2, -0.15) is 0 Å². The molecule has 1 aliphatic carbocycles. The minimum atomic E-state index is -3.89. The highest BCUT2D eigenvalue weighted by Crippen LogP contribution is 2.34. The number of sulfonamides is 1. The van der Waals surface area contributed by atoms with Crippen molar-refractivity contribution in [3.63, 3.8) is 0 Å². The molecule has 2 unspecified atom stereocenters. The Morgan fingerprint density at radius 1 is 1.45 bits per heavy atom. The lowest BCUT2D eigenvalue weighted by Crippen LogP contribution is -2.52. The summed E-state index contributed by atoms with van der Waals surface area (Å²) in [7, 11) is -3.89. The van der Waals surface area contributed by atoms with E-state index in [1.807, 2.05) is 0 Å². The predicted molar refractivity (Wildman–Crippen MR) is 77.8 cm³/mol. The van der Waals surface area contributed by atoms with E-state index in [9.17, 15) is 12.8 Å². The maximum absolute atomic E-state index is 13.7. The molecular formula is C14H19ClFNO2S. The van der Waals surface area contributed by atoms with Crippen LogP contribution >= 0.6 is 11.6 Å². The van der Waals surface area contributed by atoms with Gasteiger partial charge in [0.25, 0.3) is 0 Å². The fraction of sp³-hybridized carbons (Fsp3) is 0.571. The first-order valence-corrected chi connectivity index (χ1v) is 8.75. The first-order chi connectivity index (χ1) is 9.38. The number of alkyl halides is 1. The summed E-state index contributed by atoms with van der Waals surface area (Å²) < 4.78 is 41.1. The van der Waals surface area contributed by atoms with Crippen LogP contribution in [0.3, 0.4) is 0 Å². The number of rotatable bonds is 4. The molecule has 1 N–H and O–H groups in total. The lowest BCUT2D eigenvalue weighted by molar-refractivity contribution is 0.239. The van der Waals surface area contributed by atoms with Gasteiger partial charge in [-0.1, -0.05) is 31.9 Å². The lowest BCUT2D eigenvalue weighted by atomic mass is 9.78. The third-order valence-electron chi connectivity index (χ3n) is 3.82. The summed E-state index contributed by atoms with van der Waals surface area (Å²) in [5.41, 5.74) is -0.666. The van der Waals surface area contributed by atoms with Crippen LogP contribution in [-0.2, 0) is 10.0 Å². The van der Waals surface area contributed by atoms with Gasteiger partial charge in [0.1, 0.15) is 10.7 Å². The molecule has 2 atom stereocenters. The molecule has 0 heterocycles. The van der Waals surface area contributed by atoms with Gasteiger partial charge in [0.05, 0.1) is 0 Å². The zero-order chi connectivity index (χ0) is 14.8. The second-order valence-corrected chi connectivity index (χ2v) is 7.57. The van der Waals surface area contributed by atoms with Gasteiger partial charge in [0, 0.05) is 11.4 Å². The highest BCUT2D eigenvalue weighted by atomic mass is 35.5. The van der Waals surface area contributed by atoms with E-state index in [2.05, 4.69) is 11.6 Å². The molecular weight excluding hydrogens is 301 g/mol. The van der Waals surface area contributed by atoms with E-state index in [0.717, 1.165) is 18.9 Å². The Kier molecular flexibility index (Phi) is 4.72. The van der Waals surface area contributed by atoms with Crippen molar-refractivity contribution in [2.24, 2.45) is 5.92 Å². The van der Waals surface area contributed by atoms with Gasteiger partial charge in [-0.15, -0.1) is 11.6 Å². The molecule has 6 heteroatoms. The topological polar surface area (TPSA) is 46.2 Å². The largest absolute Gasteiger partial charge is 0.244 e. The molecule has 2 rings (SSSR count). The van der Waals surface area contributed by atoms with Crippen LogP contribution in [0.25, 0.3) is 0 Å². The molecule has 0 saturated heterocycles. The predicted octanol–water partition coefficient (Wildman–Crippen LogP) is 3.29. The van der Waals surface area contributed by atoms with Crippen molar-refractivity contribution in [2.75, 3.05) is 5.88 Å². The molecule has 0 amide bonds. The number of hydrogen-bond donors (Lipinski definition) is 1. The molecule has 1 fully saturated rings. The average molecular weight is 320 g/mol.